The molecule has 0 aliphatic carbocycles. The van der Waals surface area contributed by atoms with Crippen molar-refractivity contribution in [3.05, 3.63) is 53.8 Å². The standard InChI is InChI=1S/C17H20FNO2/c1-4-19-12(2)16-10-13(18)8-9-17(16)21-15-7-5-6-14(11-15)20-3/h5-12,19H,4H2,1-3H3. The van der Waals surface area contributed by atoms with E-state index in [0.717, 1.165) is 17.9 Å². The van der Waals surface area contributed by atoms with Gasteiger partial charge in [0.2, 0.25) is 0 Å². The highest BCUT2D eigenvalue weighted by atomic mass is 19.1. The van der Waals surface area contributed by atoms with E-state index in [-0.39, 0.29) is 11.9 Å². The number of nitrogens with one attached hydrogen (secondary N) is 1. The maximum absolute atomic E-state index is 13.5. The maximum atomic E-state index is 13.5. The molecule has 0 amide bonds. The van der Waals surface area contributed by atoms with Crippen LogP contribution in [0.3, 0.4) is 0 Å². The Morgan fingerprint density at radius 2 is 1.90 bits per heavy atom. The Morgan fingerprint density at radius 1 is 1.14 bits per heavy atom. The van der Waals surface area contributed by atoms with Crippen LogP contribution in [0, 0.1) is 5.82 Å². The fourth-order valence-electron chi connectivity index (χ4n) is 2.16. The van der Waals surface area contributed by atoms with Gasteiger partial charge in [-0.1, -0.05) is 13.0 Å². The van der Waals surface area contributed by atoms with Crippen molar-refractivity contribution in [2.24, 2.45) is 0 Å². The van der Waals surface area contributed by atoms with E-state index >= 15 is 0 Å². The fourth-order valence-corrected chi connectivity index (χ4v) is 2.16. The van der Waals surface area contributed by atoms with E-state index in [2.05, 4.69) is 5.32 Å². The van der Waals surface area contributed by atoms with E-state index in [1.54, 1.807) is 19.2 Å². The first-order chi connectivity index (χ1) is 10.1. The zero-order chi connectivity index (χ0) is 15.2. The molecule has 112 valence electrons. The Hall–Kier alpha value is -2.07. The molecule has 0 spiro atoms. The fraction of sp³-hybridized carbons (Fsp3) is 0.294. The van der Waals surface area contributed by atoms with Gasteiger partial charge in [-0.2, -0.15) is 0 Å². The predicted molar refractivity (Wildman–Crippen MR) is 81.6 cm³/mol. The first-order valence-corrected chi connectivity index (χ1v) is 6.98. The van der Waals surface area contributed by atoms with Gasteiger partial charge in [-0.15, -0.1) is 0 Å². The largest absolute Gasteiger partial charge is 0.497 e. The molecule has 0 aromatic heterocycles. The molecule has 1 unspecified atom stereocenters. The zero-order valence-corrected chi connectivity index (χ0v) is 12.5. The molecule has 0 radical (unpaired) electrons. The lowest BCUT2D eigenvalue weighted by atomic mass is 10.1. The normalized spacial score (nSPS) is 12.0. The number of hydrogen-bond acceptors (Lipinski definition) is 3. The molecule has 0 aliphatic heterocycles. The lowest BCUT2D eigenvalue weighted by Gasteiger charge is -2.18. The summed E-state index contributed by atoms with van der Waals surface area (Å²) in [6.45, 7) is 4.80. The average molecular weight is 289 g/mol. The van der Waals surface area contributed by atoms with Gasteiger partial charge in [-0.3, -0.25) is 0 Å². The smallest absolute Gasteiger partial charge is 0.132 e. The molecule has 0 heterocycles. The summed E-state index contributed by atoms with van der Waals surface area (Å²) < 4.78 is 24.6. The molecule has 0 aliphatic rings. The van der Waals surface area contributed by atoms with Crippen LogP contribution < -0.4 is 14.8 Å². The van der Waals surface area contributed by atoms with E-state index in [1.165, 1.54) is 12.1 Å². The summed E-state index contributed by atoms with van der Waals surface area (Å²) in [7, 11) is 1.61. The second kappa shape index (κ2) is 7.09. The third-order valence-corrected chi connectivity index (χ3v) is 3.22. The van der Waals surface area contributed by atoms with Gasteiger partial charge in [0.05, 0.1) is 7.11 Å². The van der Waals surface area contributed by atoms with Gasteiger partial charge in [-0.05, 0) is 43.8 Å². The van der Waals surface area contributed by atoms with Crippen molar-refractivity contribution in [2.45, 2.75) is 19.9 Å². The van der Waals surface area contributed by atoms with Crippen LogP contribution in [0.4, 0.5) is 4.39 Å². The summed E-state index contributed by atoms with van der Waals surface area (Å²) in [5.41, 5.74) is 0.791. The topological polar surface area (TPSA) is 30.5 Å². The molecule has 1 atom stereocenters. The minimum absolute atomic E-state index is 0.00584. The molecule has 1 N–H and O–H groups in total. The number of ether oxygens (including phenoxy) is 2. The molecule has 21 heavy (non-hydrogen) atoms. The highest BCUT2D eigenvalue weighted by molar-refractivity contribution is 5.42. The second-order valence-electron chi connectivity index (χ2n) is 4.74. The third-order valence-electron chi connectivity index (χ3n) is 3.22. The van der Waals surface area contributed by atoms with Crippen LogP contribution in [-0.2, 0) is 0 Å². The number of methoxy groups -OCH3 is 1. The molecule has 0 fully saturated rings. The van der Waals surface area contributed by atoms with E-state index < -0.39 is 0 Å². The van der Waals surface area contributed by atoms with Crippen LogP contribution in [0.25, 0.3) is 0 Å². The van der Waals surface area contributed by atoms with Crippen molar-refractivity contribution < 1.29 is 13.9 Å². The van der Waals surface area contributed by atoms with Crippen LogP contribution in [0.15, 0.2) is 42.5 Å². The predicted octanol–water partition coefficient (Wildman–Crippen LogP) is 4.30. The quantitative estimate of drug-likeness (QED) is 0.860. The van der Waals surface area contributed by atoms with Crippen molar-refractivity contribution >= 4 is 0 Å². The van der Waals surface area contributed by atoms with Gasteiger partial charge < -0.3 is 14.8 Å². The molecule has 2 rings (SSSR count). The summed E-state index contributed by atoms with van der Waals surface area (Å²) in [5, 5.41) is 3.27. The molecule has 2 aromatic carbocycles. The Labute approximate surface area is 124 Å². The molecule has 4 heteroatoms. The van der Waals surface area contributed by atoms with Crippen molar-refractivity contribution in [1.82, 2.24) is 5.32 Å². The monoisotopic (exact) mass is 289 g/mol. The molecule has 2 aromatic rings. The van der Waals surface area contributed by atoms with E-state index in [0.29, 0.717) is 11.5 Å². The Balaban J connectivity index is 2.30. The van der Waals surface area contributed by atoms with Gasteiger partial charge in [0.15, 0.2) is 0 Å². The first kappa shape index (κ1) is 15.3. The summed E-state index contributed by atoms with van der Waals surface area (Å²) in [6.07, 6.45) is 0. The van der Waals surface area contributed by atoms with Crippen molar-refractivity contribution in [3.8, 4) is 17.2 Å². The number of hydrogen-bond donors (Lipinski definition) is 1. The van der Waals surface area contributed by atoms with Gasteiger partial charge in [-0.25, -0.2) is 4.39 Å². The van der Waals surface area contributed by atoms with Crippen molar-refractivity contribution in [1.29, 1.82) is 0 Å². The van der Waals surface area contributed by atoms with Gasteiger partial charge in [0.25, 0.3) is 0 Å². The van der Waals surface area contributed by atoms with Gasteiger partial charge >= 0.3 is 0 Å². The molecule has 0 saturated carbocycles. The SMILES string of the molecule is CCNC(C)c1cc(F)ccc1Oc1cccc(OC)c1. The first-order valence-electron chi connectivity index (χ1n) is 6.98. The summed E-state index contributed by atoms with van der Waals surface area (Å²) in [4.78, 5) is 0. The van der Waals surface area contributed by atoms with Crippen molar-refractivity contribution in [2.75, 3.05) is 13.7 Å². The molecule has 0 saturated heterocycles. The number of benzene rings is 2. The van der Waals surface area contributed by atoms with Crippen molar-refractivity contribution in [3.63, 3.8) is 0 Å². The lowest BCUT2D eigenvalue weighted by Crippen LogP contribution is -2.18. The number of halogens is 1. The molecular formula is C17H20FNO2. The average Bonchev–Trinajstić information content (AvgIpc) is 2.49. The summed E-state index contributed by atoms with van der Waals surface area (Å²) >= 11 is 0. The summed E-state index contributed by atoms with van der Waals surface area (Å²) in [5.74, 6) is 1.74. The Bertz CT molecular complexity index is 601. The lowest BCUT2D eigenvalue weighted by molar-refractivity contribution is 0.407. The van der Waals surface area contributed by atoms with E-state index in [1.807, 2.05) is 32.0 Å². The maximum Gasteiger partial charge on any atom is 0.132 e. The molecular weight excluding hydrogens is 269 g/mol. The minimum atomic E-state index is -0.271. The van der Waals surface area contributed by atoms with Crippen LogP contribution in [0.2, 0.25) is 0 Å². The van der Waals surface area contributed by atoms with E-state index in [4.69, 9.17) is 9.47 Å². The van der Waals surface area contributed by atoms with Crippen LogP contribution in [-0.4, -0.2) is 13.7 Å². The third kappa shape index (κ3) is 3.95. The van der Waals surface area contributed by atoms with E-state index in [9.17, 15) is 4.39 Å². The second-order valence-corrected chi connectivity index (χ2v) is 4.74. The van der Waals surface area contributed by atoms with Crippen LogP contribution in [0.5, 0.6) is 17.2 Å². The molecule has 3 nitrogen and oxygen atoms in total. The summed E-state index contributed by atoms with van der Waals surface area (Å²) in [6, 6.07) is 11.9. The highest BCUT2D eigenvalue weighted by Crippen LogP contribution is 2.31. The number of rotatable bonds is 6. The minimum Gasteiger partial charge on any atom is -0.497 e. The van der Waals surface area contributed by atoms with Gasteiger partial charge in [0.1, 0.15) is 23.1 Å². The molecule has 0 bridgehead atoms. The zero-order valence-electron chi connectivity index (χ0n) is 12.5. The highest BCUT2D eigenvalue weighted by Gasteiger charge is 2.13. The van der Waals surface area contributed by atoms with Gasteiger partial charge in [0, 0.05) is 17.7 Å². The Morgan fingerprint density at radius 3 is 2.62 bits per heavy atom. The Kier molecular flexibility index (Phi) is 5.17. The van der Waals surface area contributed by atoms with Crippen LogP contribution >= 0.6 is 0 Å². The van der Waals surface area contributed by atoms with Crippen LogP contribution in [0.1, 0.15) is 25.5 Å².